The van der Waals surface area contributed by atoms with Gasteiger partial charge >= 0.3 is 0 Å². The molecule has 0 heterocycles. The third-order valence-corrected chi connectivity index (χ3v) is 2.34. The van der Waals surface area contributed by atoms with Gasteiger partial charge in [0.1, 0.15) is 17.6 Å². The fraction of sp³-hybridized carbons (Fsp3) is 0.154. The van der Waals surface area contributed by atoms with Gasteiger partial charge in [-0.3, -0.25) is 0 Å². The molecule has 0 fully saturated rings. The Labute approximate surface area is 94.4 Å². The molecular formula is C13H12N2O. The summed E-state index contributed by atoms with van der Waals surface area (Å²) in [5.74, 6) is 1.46. The van der Waals surface area contributed by atoms with E-state index in [1.807, 2.05) is 18.2 Å². The van der Waals surface area contributed by atoms with Crippen LogP contribution in [-0.2, 0) is 0 Å². The van der Waals surface area contributed by atoms with Gasteiger partial charge in [-0.15, -0.1) is 0 Å². The topological polar surface area (TPSA) is 59.0 Å². The van der Waals surface area contributed by atoms with Gasteiger partial charge in [0.15, 0.2) is 0 Å². The molecule has 2 N–H and O–H groups in total. The first-order valence-corrected chi connectivity index (χ1v) is 5.14. The van der Waals surface area contributed by atoms with Crippen LogP contribution >= 0.6 is 0 Å². The second kappa shape index (κ2) is 4.54. The van der Waals surface area contributed by atoms with Gasteiger partial charge in [0.25, 0.3) is 0 Å². The van der Waals surface area contributed by atoms with Crippen molar-refractivity contribution in [2.24, 2.45) is 0 Å². The van der Waals surface area contributed by atoms with Gasteiger partial charge in [-0.2, -0.15) is 5.26 Å². The predicted octanol–water partition coefficient (Wildman–Crippen LogP) is 2.75. The minimum Gasteiger partial charge on any atom is -0.458 e. The molecule has 3 nitrogen and oxygen atoms in total. The van der Waals surface area contributed by atoms with E-state index in [1.54, 1.807) is 18.2 Å². The number of hydrogen-bond donors (Lipinski definition) is 1. The number of rotatable bonds is 2. The first kappa shape index (κ1) is 10.3. The smallest absolute Gasteiger partial charge is 0.128 e. The molecule has 3 heteroatoms. The predicted molar refractivity (Wildman–Crippen MR) is 62.7 cm³/mol. The van der Waals surface area contributed by atoms with E-state index in [0.717, 1.165) is 18.6 Å². The maximum absolute atomic E-state index is 8.83. The lowest BCUT2D eigenvalue weighted by molar-refractivity contribution is 0.439. The normalized spacial score (nSPS) is 14.1. The van der Waals surface area contributed by atoms with E-state index in [2.05, 4.69) is 6.08 Å². The molecule has 1 aliphatic rings. The van der Waals surface area contributed by atoms with Crippen LogP contribution in [0.2, 0.25) is 0 Å². The molecule has 0 radical (unpaired) electrons. The van der Waals surface area contributed by atoms with Crippen molar-refractivity contribution >= 4 is 5.69 Å². The fourth-order valence-electron chi connectivity index (χ4n) is 1.50. The number of benzene rings is 1. The Morgan fingerprint density at radius 2 is 2.19 bits per heavy atom. The Hall–Kier alpha value is -2.21. The van der Waals surface area contributed by atoms with Crippen molar-refractivity contribution in [3.63, 3.8) is 0 Å². The first-order valence-electron chi connectivity index (χ1n) is 5.14. The first-order chi connectivity index (χ1) is 7.79. The summed E-state index contributed by atoms with van der Waals surface area (Å²) >= 11 is 0. The molecule has 0 saturated carbocycles. The number of nitrogen functional groups attached to an aromatic ring is 1. The molecule has 0 aliphatic heterocycles. The summed E-state index contributed by atoms with van der Waals surface area (Å²) in [6, 6.07) is 7.13. The Balaban J connectivity index is 2.19. The van der Waals surface area contributed by atoms with Gasteiger partial charge in [-0.05, 0) is 37.1 Å². The molecule has 0 unspecified atom stereocenters. The van der Waals surface area contributed by atoms with Gasteiger partial charge in [-0.1, -0.05) is 6.08 Å². The lowest BCUT2D eigenvalue weighted by Crippen LogP contribution is -1.97. The third kappa shape index (κ3) is 2.23. The molecular weight excluding hydrogens is 200 g/mol. The second-order valence-corrected chi connectivity index (χ2v) is 3.55. The van der Waals surface area contributed by atoms with E-state index < -0.39 is 0 Å². The quantitative estimate of drug-likeness (QED) is 0.767. The number of nitrogens with two attached hydrogens (primary N) is 1. The molecule has 16 heavy (non-hydrogen) atoms. The van der Waals surface area contributed by atoms with E-state index in [0.29, 0.717) is 17.0 Å². The van der Waals surface area contributed by atoms with Gasteiger partial charge in [0.05, 0.1) is 5.56 Å². The largest absolute Gasteiger partial charge is 0.458 e. The number of nitrogens with zero attached hydrogens (tertiary/aromatic N) is 1. The van der Waals surface area contributed by atoms with Crippen LogP contribution in [-0.4, -0.2) is 0 Å². The number of allylic oxidation sites excluding steroid dienone is 3. The maximum atomic E-state index is 8.83. The van der Waals surface area contributed by atoms with Crippen molar-refractivity contribution in [3.05, 3.63) is 47.7 Å². The number of nitriles is 1. The summed E-state index contributed by atoms with van der Waals surface area (Å²) in [6.07, 6.45) is 8.08. The van der Waals surface area contributed by atoms with Crippen LogP contribution in [0.4, 0.5) is 5.69 Å². The SMILES string of the molecule is N#Cc1cc(OC2=CCCC=C2)ccc1N. The highest BCUT2D eigenvalue weighted by Gasteiger charge is 2.04. The second-order valence-electron chi connectivity index (χ2n) is 3.55. The van der Waals surface area contributed by atoms with Crippen LogP contribution in [0.3, 0.4) is 0 Å². The van der Waals surface area contributed by atoms with E-state index in [4.69, 9.17) is 15.7 Å². The molecule has 0 bridgehead atoms. The molecule has 1 aromatic rings. The van der Waals surface area contributed by atoms with E-state index in [1.165, 1.54) is 0 Å². The van der Waals surface area contributed by atoms with Crippen LogP contribution in [0.15, 0.2) is 42.2 Å². The van der Waals surface area contributed by atoms with Gasteiger partial charge in [0, 0.05) is 11.8 Å². The fourth-order valence-corrected chi connectivity index (χ4v) is 1.50. The molecule has 2 rings (SSSR count). The summed E-state index contributed by atoms with van der Waals surface area (Å²) in [4.78, 5) is 0. The average Bonchev–Trinajstić information content (AvgIpc) is 2.33. The standard InChI is InChI=1S/C13H12N2O/c14-9-10-8-12(6-7-13(10)15)16-11-4-2-1-3-5-11/h2,4-8H,1,3,15H2. The Morgan fingerprint density at radius 3 is 2.88 bits per heavy atom. The van der Waals surface area contributed by atoms with Crippen molar-refractivity contribution in [1.82, 2.24) is 0 Å². The Morgan fingerprint density at radius 1 is 1.31 bits per heavy atom. The Bertz CT molecular complexity index is 495. The molecule has 1 aliphatic carbocycles. The van der Waals surface area contributed by atoms with Crippen LogP contribution in [0.5, 0.6) is 5.75 Å². The zero-order chi connectivity index (χ0) is 11.4. The van der Waals surface area contributed by atoms with Crippen molar-refractivity contribution < 1.29 is 4.74 Å². The van der Waals surface area contributed by atoms with Crippen molar-refractivity contribution in [2.75, 3.05) is 5.73 Å². The summed E-state index contributed by atoms with van der Waals surface area (Å²) in [7, 11) is 0. The summed E-state index contributed by atoms with van der Waals surface area (Å²) in [6.45, 7) is 0. The maximum Gasteiger partial charge on any atom is 0.128 e. The molecule has 1 aromatic carbocycles. The van der Waals surface area contributed by atoms with Gasteiger partial charge in [0.2, 0.25) is 0 Å². The number of hydrogen-bond acceptors (Lipinski definition) is 3. The summed E-state index contributed by atoms with van der Waals surface area (Å²) in [5, 5.41) is 8.83. The monoisotopic (exact) mass is 212 g/mol. The molecule has 80 valence electrons. The summed E-state index contributed by atoms with van der Waals surface area (Å²) in [5.41, 5.74) is 6.54. The zero-order valence-corrected chi connectivity index (χ0v) is 8.81. The molecule has 0 amide bonds. The highest BCUT2D eigenvalue weighted by Crippen LogP contribution is 2.22. The van der Waals surface area contributed by atoms with Crippen LogP contribution in [0, 0.1) is 11.3 Å². The molecule has 0 spiro atoms. The van der Waals surface area contributed by atoms with Crippen LogP contribution in [0.1, 0.15) is 18.4 Å². The molecule has 0 atom stereocenters. The number of anilines is 1. The van der Waals surface area contributed by atoms with E-state index in [9.17, 15) is 0 Å². The summed E-state index contributed by atoms with van der Waals surface area (Å²) < 4.78 is 5.62. The Kier molecular flexibility index (Phi) is 2.93. The van der Waals surface area contributed by atoms with Crippen molar-refractivity contribution in [3.8, 4) is 11.8 Å². The van der Waals surface area contributed by atoms with Crippen molar-refractivity contribution in [2.45, 2.75) is 12.8 Å². The minimum absolute atomic E-state index is 0.442. The highest BCUT2D eigenvalue weighted by atomic mass is 16.5. The average molecular weight is 212 g/mol. The van der Waals surface area contributed by atoms with Gasteiger partial charge in [-0.25, -0.2) is 0 Å². The highest BCUT2D eigenvalue weighted by molar-refractivity contribution is 5.56. The van der Waals surface area contributed by atoms with E-state index >= 15 is 0 Å². The molecule has 0 aromatic heterocycles. The minimum atomic E-state index is 0.442. The van der Waals surface area contributed by atoms with Crippen molar-refractivity contribution in [1.29, 1.82) is 5.26 Å². The van der Waals surface area contributed by atoms with Gasteiger partial charge < -0.3 is 10.5 Å². The zero-order valence-electron chi connectivity index (χ0n) is 8.81. The van der Waals surface area contributed by atoms with E-state index in [-0.39, 0.29) is 0 Å². The number of ether oxygens (including phenoxy) is 1. The third-order valence-electron chi connectivity index (χ3n) is 2.34. The lowest BCUT2D eigenvalue weighted by atomic mass is 10.1. The van der Waals surface area contributed by atoms with Crippen LogP contribution in [0.25, 0.3) is 0 Å². The van der Waals surface area contributed by atoms with Crippen LogP contribution < -0.4 is 10.5 Å². The lowest BCUT2D eigenvalue weighted by Gasteiger charge is -2.10. The molecule has 0 saturated heterocycles.